The maximum Gasteiger partial charge on any atom is 0.329 e. The van der Waals surface area contributed by atoms with Gasteiger partial charge in [-0.3, -0.25) is 4.79 Å². The predicted molar refractivity (Wildman–Crippen MR) is 64.4 cm³/mol. The van der Waals surface area contributed by atoms with Gasteiger partial charge in [-0.15, -0.1) is 0 Å². The lowest BCUT2D eigenvalue weighted by Gasteiger charge is -2.16. The van der Waals surface area contributed by atoms with Crippen LogP contribution in [0, 0.1) is 5.92 Å². The van der Waals surface area contributed by atoms with Crippen molar-refractivity contribution in [3.05, 3.63) is 0 Å². The van der Waals surface area contributed by atoms with Crippen LogP contribution in [0.5, 0.6) is 0 Å². The summed E-state index contributed by atoms with van der Waals surface area (Å²) in [5.74, 6) is 0.304. The van der Waals surface area contributed by atoms with Crippen molar-refractivity contribution < 1.29 is 14.3 Å². The van der Waals surface area contributed by atoms with E-state index in [1.54, 1.807) is 0 Å². The summed E-state index contributed by atoms with van der Waals surface area (Å²) < 4.78 is 4.62. The minimum Gasteiger partial charge on any atom is -0.467 e. The molecule has 1 fully saturated rings. The molecule has 0 heterocycles. The minimum atomic E-state index is -0.585. The van der Waals surface area contributed by atoms with Gasteiger partial charge in [-0.25, -0.2) is 4.79 Å². The molecule has 5 nitrogen and oxygen atoms in total. The Balaban J connectivity index is 2.12. The van der Waals surface area contributed by atoms with Gasteiger partial charge in [-0.2, -0.15) is 0 Å². The molecule has 1 saturated carbocycles. The molecule has 0 radical (unpaired) electrons. The normalized spacial score (nSPS) is 16.4. The number of ether oxygens (including phenoxy) is 1. The molecule has 1 aliphatic rings. The first kappa shape index (κ1) is 14.0. The molecule has 0 aromatic rings. The zero-order valence-electron chi connectivity index (χ0n) is 10.6. The van der Waals surface area contributed by atoms with Crippen molar-refractivity contribution in [1.29, 1.82) is 0 Å². The van der Waals surface area contributed by atoms with E-state index >= 15 is 0 Å². The van der Waals surface area contributed by atoms with E-state index in [1.807, 2.05) is 0 Å². The van der Waals surface area contributed by atoms with Crippen LogP contribution in [0.1, 0.15) is 32.6 Å². The molecule has 0 spiro atoms. The van der Waals surface area contributed by atoms with Crippen molar-refractivity contribution in [2.24, 2.45) is 5.92 Å². The third kappa shape index (κ3) is 6.26. The highest BCUT2D eigenvalue weighted by Gasteiger charge is 2.21. The summed E-state index contributed by atoms with van der Waals surface area (Å²) in [6, 6.07) is -0.585. The number of hydrogen-bond donors (Lipinski definition) is 2. The topological polar surface area (TPSA) is 67.4 Å². The molecular formula is C12H22N2O3. The standard InChI is InChI=1S/C12H22N2O3/c1-9(15)14-11(12(16)17-2)8-13-7-3-4-10-5-6-10/h10-11,13H,3-8H2,1-2H3,(H,14,15). The molecule has 98 valence electrons. The molecule has 1 rings (SSSR count). The van der Waals surface area contributed by atoms with Gasteiger partial charge < -0.3 is 15.4 Å². The molecule has 1 aliphatic carbocycles. The fourth-order valence-corrected chi connectivity index (χ4v) is 1.75. The molecule has 0 aromatic carbocycles. The van der Waals surface area contributed by atoms with E-state index in [4.69, 9.17) is 0 Å². The summed E-state index contributed by atoms with van der Waals surface area (Å²) in [5.41, 5.74) is 0. The number of carbonyl (C=O) groups excluding carboxylic acids is 2. The second-order valence-electron chi connectivity index (χ2n) is 4.57. The molecule has 0 bridgehead atoms. The summed E-state index contributed by atoms with van der Waals surface area (Å²) in [4.78, 5) is 22.3. The van der Waals surface area contributed by atoms with Gasteiger partial charge in [0.15, 0.2) is 0 Å². The van der Waals surface area contributed by atoms with Crippen LogP contribution in [-0.2, 0) is 14.3 Å². The first-order valence-corrected chi connectivity index (χ1v) is 6.19. The number of amides is 1. The van der Waals surface area contributed by atoms with E-state index in [0.29, 0.717) is 6.54 Å². The van der Waals surface area contributed by atoms with Gasteiger partial charge in [0.05, 0.1) is 7.11 Å². The van der Waals surface area contributed by atoms with Crippen molar-refractivity contribution >= 4 is 11.9 Å². The van der Waals surface area contributed by atoms with Gasteiger partial charge in [0.2, 0.25) is 5.91 Å². The monoisotopic (exact) mass is 242 g/mol. The fourth-order valence-electron chi connectivity index (χ4n) is 1.75. The van der Waals surface area contributed by atoms with Crippen LogP contribution in [-0.4, -0.2) is 38.1 Å². The van der Waals surface area contributed by atoms with Crippen LogP contribution in [0.4, 0.5) is 0 Å². The van der Waals surface area contributed by atoms with Crippen molar-refractivity contribution in [2.75, 3.05) is 20.2 Å². The van der Waals surface area contributed by atoms with Crippen molar-refractivity contribution in [3.63, 3.8) is 0 Å². The summed E-state index contributed by atoms with van der Waals surface area (Å²) in [6.07, 6.45) is 5.13. The Morgan fingerprint density at radius 1 is 1.41 bits per heavy atom. The molecule has 0 saturated heterocycles. The van der Waals surface area contributed by atoms with E-state index in [2.05, 4.69) is 15.4 Å². The lowest BCUT2D eigenvalue weighted by molar-refractivity contribution is -0.144. The first-order valence-electron chi connectivity index (χ1n) is 6.19. The van der Waals surface area contributed by atoms with E-state index in [-0.39, 0.29) is 5.91 Å². The Bertz CT molecular complexity index is 264. The second kappa shape index (κ2) is 7.27. The number of carbonyl (C=O) groups is 2. The van der Waals surface area contributed by atoms with Crippen LogP contribution in [0.15, 0.2) is 0 Å². The highest BCUT2D eigenvalue weighted by molar-refractivity contribution is 5.83. The number of methoxy groups -OCH3 is 1. The predicted octanol–water partition coefficient (Wildman–Crippen LogP) is 0.444. The van der Waals surface area contributed by atoms with Crippen LogP contribution in [0.25, 0.3) is 0 Å². The van der Waals surface area contributed by atoms with Crippen molar-refractivity contribution in [3.8, 4) is 0 Å². The number of hydrogen-bond acceptors (Lipinski definition) is 4. The Morgan fingerprint density at radius 3 is 2.65 bits per heavy atom. The zero-order valence-corrected chi connectivity index (χ0v) is 10.6. The molecule has 1 amide bonds. The lowest BCUT2D eigenvalue weighted by atomic mass is 10.2. The van der Waals surface area contributed by atoms with E-state index in [9.17, 15) is 9.59 Å². The van der Waals surface area contributed by atoms with E-state index < -0.39 is 12.0 Å². The fraction of sp³-hybridized carbons (Fsp3) is 0.833. The average molecular weight is 242 g/mol. The van der Waals surface area contributed by atoms with Gasteiger partial charge in [0.25, 0.3) is 0 Å². The summed E-state index contributed by atoms with van der Waals surface area (Å²) >= 11 is 0. The number of nitrogens with one attached hydrogen (secondary N) is 2. The highest BCUT2D eigenvalue weighted by Crippen LogP contribution is 2.33. The zero-order chi connectivity index (χ0) is 12.7. The van der Waals surface area contributed by atoms with Gasteiger partial charge in [-0.1, -0.05) is 12.8 Å². The summed E-state index contributed by atoms with van der Waals surface area (Å²) in [6.45, 7) is 2.70. The van der Waals surface area contributed by atoms with E-state index in [1.165, 1.54) is 33.3 Å². The molecule has 0 aromatic heterocycles. The second-order valence-corrected chi connectivity index (χ2v) is 4.57. The Labute approximate surface area is 102 Å². The van der Waals surface area contributed by atoms with Crippen molar-refractivity contribution in [1.82, 2.24) is 10.6 Å². The summed E-state index contributed by atoms with van der Waals surface area (Å²) in [7, 11) is 1.32. The van der Waals surface area contributed by atoms with Crippen LogP contribution >= 0.6 is 0 Å². The number of esters is 1. The molecular weight excluding hydrogens is 220 g/mol. The van der Waals surface area contributed by atoms with Gasteiger partial charge in [0.1, 0.15) is 6.04 Å². The smallest absolute Gasteiger partial charge is 0.329 e. The third-order valence-electron chi connectivity index (χ3n) is 2.87. The van der Waals surface area contributed by atoms with Crippen LogP contribution in [0.3, 0.4) is 0 Å². The number of rotatable bonds is 8. The maximum absolute atomic E-state index is 11.4. The molecule has 17 heavy (non-hydrogen) atoms. The third-order valence-corrected chi connectivity index (χ3v) is 2.87. The minimum absolute atomic E-state index is 0.222. The van der Waals surface area contributed by atoms with Crippen LogP contribution < -0.4 is 10.6 Å². The molecule has 1 unspecified atom stereocenters. The van der Waals surface area contributed by atoms with Gasteiger partial charge in [0, 0.05) is 13.5 Å². The SMILES string of the molecule is COC(=O)C(CNCCCC1CC1)NC(C)=O. The average Bonchev–Trinajstić information content (AvgIpc) is 3.09. The maximum atomic E-state index is 11.4. The lowest BCUT2D eigenvalue weighted by Crippen LogP contribution is -2.47. The van der Waals surface area contributed by atoms with Gasteiger partial charge >= 0.3 is 5.97 Å². The Morgan fingerprint density at radius 2 is 2.12 bits per heavy atom. The van der Waals surface area contributed by atoms with Crippen molar-refractivity contribution in [2.45, 2.75) is 38.6 Å². The first-order chi connectivity index (χ1) is 8.13. The molecule has 1 atom stereocenters. The summed E-state index contributed by atoms with van der Waals surface area (Å²) in [5, 5.41) is 5.74. The highest BCUT2D eigenvalue weighted by atomic mass is 16.5. The largest absolute Gasteiger partial charge is 0.467 e. The van der Waals surface area contributed by atoms with E-state index in [0.717, 1.165) is 18.9 Å². The van der Waals surface area contributed by atoms with Crippen LogP contribution in [0.2, 0.25) is 0 Å². The molecule has 2 N–H and O–H groups in total. The molecule has 0 aliphatic heterocycles. The Hall–Kier alpha value is -1.10. The molecule has 5 heteroatoms. The van der Waals surface area contributed by atoms with Gasteiger partial charge in [-0.05, 0) is 25.3 Å². The Kier molecular flexibility index (Phi) is 5.97. The quantitative estimate of drug-likeness (QED) is 0.479.